The Balaban J connectivity index is 1.39. The first-order valence-corrected chi connectivity index (χ1v) is 16.0. The van der Waals surface area contributed by atoms with E-state index in [1.807, 2.05) is 18.2 Å². The molecular formula is C44H31NO2. The zero-order chi connectivity index (χ0) is 31.9. The Morgan fingerprint density at radius 2 is 1.36 bits per heavy atom. The van der Waals surface area contributed by atoms with Crippen LogP contribution < -0.4 is 9.47 Å². The molecule has 3 nitrogen and oxygen atoms in total. The van der Waals surface area contributed by atoms with Crippen molar-refractivity contribution >= 4 is 38.4 Å². The molecule has 0 spiro atoms. The fourth-order valence-corrected chi connectivity index (χ4v) is 8.16. The van der Waals surface area contributed by atoms with Gasteiger partial charge in [0.25, 0.3) is 0 Å². The molecule has 0 aromatic heterocycles. The Labute approximate surface area is 273 Å². The van der Waals surface area contributed by atoms with Gasteiger partial charge in [-0.1, -0.05) is 111 Å². The standard InChI is InChI=1S/C44H31NO2/c1-43(2)38-24-27(26-45)16-21-36(38)40-34-14-8-9-15-35(34)42-37(41(40)43)22-23-44(47-42,29-17-19-30(46-3)20-18-29)39-25-28-10-4-5-11-31(28)32-12-6-7-13-33(32)39/h4-25H,1-3H3. The van der Waals surface area contributed by atoms with Crippen molar-refractivity contribution in [2.75, 3.05) is 7.11 Å². The van der Waals surface area contributed by atoms with Crippen molar-refractivity contribution in [3.63, 3.8) is 0 Å². The zero-order valence-corrected chi connectivity index (χ0v) is 26.5. The number of ether oxygens (including phenoxy) is 2. The average molecular weight is 606 g/mol. The van der Waals surface area contributed by atoms with Crippen LogP contribution in [-0.4, -0.2) is 7.11 Å². The number of nitriles is 1. The molecule has 0 N–H and O–H groups in total. The molecular weight excluding hydrogens is 574 g/mol. The summed E-state index contributed by atoms with van der Waals surface area (Å²) < 4.78 is 13.2. The summed E-state index contributed by atoms with van der Waals surface area (Å²) in [5, 5.41) is 16.7. The van der Waals surface area contributed by atoms with Crippen LogP contribution in [0.4, 0.5) is 0 Å². The van der Waals surface area contributed by atoms with Gasteiger partial charge in [0.05, 0.1) is 18.7 Å². The molecule has 1 atom stereocenters. The van der Waals surface area contributed by atoms with Gasteiger partial charge >= 0.3 is 0 Å². The van der Waals surface area contributed by atoms with Crippen molar-refractivity contribution in [2.24, 2.45) is 0 Å². The molecule has 0 saturated carbocycles. The SMILES string of the molecule is COc1ccc(C2(c3cc4ccccc4c4ccccc34)C=Cc3c4c(c5ccccc5c3O2)-c2ccc(C#N)cc2C4(C)C)cc1. The van der Waals surface area contributed by atoms with Crippen molar-refractivity contribution in [3.8, 4) is 28.7 Å². The number of nitrogens with zero attached hydrogens (tertiary/aromatic N) is 1. The monoisotopic (exact) mass is 605 g/mol. The average Bonchev–Trinajstić information content (AvgIpc) is 3.37. The van der Waals surface area contributed by atoms with E-state index in [1.165, 1.54) is 38.4 Å². The second kappa shape index (κ2) is 9.82. The summed E-state index contributed by atoms with van der Waals surface area (Å²) in [6, 6.07) is 44.9. The lowest BCUT2D eigenvalue weighted by Crippen LogP contribution is -2.35. The van der Waals surface area contributed by atoms with Crippen LogP contribution in [0.3, 0.4) is 0 Å². The van der Waals surface area contributed by atoms with Crippen molar-refractivity contribution in [1.82, 2.24) is 0 Å². The fraction of sp³-hybridized carbons (Fsp3) is 0.114. The van der Waals surface area contributed by atoms with E-state index < -0.39 is 5.60 Å². The first-order valence-electron chi connectivity index (χ1n) is 16.0. The molecule has 3 heteroatoms. The highest BCUT2D eigenvalue weighted by atomic mass is 16.5. The smallest absolute Gasteiger partial charge is 0.178 e. The maximum Gasteiger partial charge on any atom is 0.178 e. The quantitative estimate of drug-likeness (QED) is 0.188. The minimum Gasteiger partial charge on any atom is -0.497 e. The molecule has 7 aromatic carbocycles. The summed E-state index contributed by atoms with van der Waals surface area (Å²) in [6.07, 6.45) is 4.54. The molecule has 224 valence electrons. The fourth-order valence-electron chi connectivity index (χ4n) is 8.16. The highest BCUT2D eigenvalue weighted by Gasteiger charge is 2.45. The van der Waals surface area contributed by atoms with Gasteiger partial charge in [-0.2, -0.15) is 5.26 Å². The van der Waals surface area contributed by atoms with E-state index >= 15 is 0 Å². The molecule has 2 aliphatic rings. The number of hydrogen-bond donors (Lipinski definition) is 0. The van der Waals surface area contributed by atoms with Gasteiger partial charge in [-0.05, 0) is 85.6 Å². The highest BCUT2D eigenvalue weighted by molar-refractivity contribution is 6.11. The van der Waals surface area contributed by atoms with Crippen LogP contribution in [0.25, 0.3) is 49.5 Å². The van der Waals surface area contributed by atoms with Gasteiger partial charge in [-0.3, -0.25) is 0 Å². The van der Waals surface area contributed by atoms with Crippen LogP contribution in [0.5, 0.6) is 11.5 Å². The van der Waals surface area contributed by atoms with Crippen LogP contribution in [0.1, 0.15) is 47.2 Å². The molecule has 1 unspecified atom stereocenters. The lowest BCUT2D eigenvalue weighted by atomic mass is 9.76. The Morgan fingerprint density at radius 1 is 0.681 bits per heavy atom. The van der Waals surface area contributed by atoms with Gasteiger partial charge in [0, 0.05) is 27.5 Å². The second-order valence-corrected chi connectivity index (χ2v) is 13.1. The normalized spacial score (nSPS) is 17.1. The maximum absolute atomic E-state index is 9.78. The van der Waals surface area contributed by atoms with Crippen LogP contribution in [0.2, 0.25) is 0 Å². The summed E-state index contributed by atoms with van der Waals surface area (Å²) in [7, 11) is 1.70. The maximum atomic E-state index is 9.78. The van der Waals surface area contributed by atoms with Gasteiger partial charge in [-0.25, -0.2) is 0 Å². The molecule has 1 heterocycles. The predicted octanol–water partition coefficient (Wildman–Crippen LogP) is 10.7. The first-order chi connectivity index (χ1) is 22.9. The van der Waals surface area contributed by atoms with Gasteiger partial charge in [-0.15, -0.1) is 0 Å². The van der Waals surface area contributed by atoms with Crippen LogP contribution in [0, 0.1) is 11.3 Å². The molecule has 0 bridgehead atoms. The van der Waals surface area contributed by atoms with E-state index in [9.17, 15) is 5.26 Å². The summed E-state index contributed by atoms with van der Waals surface area (Å²) in [5.74, 6) is 1.67. The summed E-state index contributed by atoms with van der Waals surface area (Å²) >= 11 is 0. The topological polar surface area (TPSA) is 42.2 Å². The third-order valence-electron chi connectivity index (χ3n) is 10.4. The summed E-state index contributed by atoms with van der Waals surface area (Å²) in [6.45, 7) is 4.54. The van der Waals surface area contributed by atoms with Crippen LogP contribution in [-0.2, 0) is 11.0 Å². The summed E-state index contributed by atoms with van der Waals surface area (Å²) in [5.41, 5.74) is 7.43. The van der Waals surface area contributed by atoms with Gasteiger partial charge in [0.2, 0.25) is 0 Å². The number of benzene rings is 7. The molecule has 0 saturated heterocycles. The largest absolute Gasteiger partial charge is 0.497 e. The third kappa shape index (κ3) is 3.73. The van der Waals surface area contributed by atoms with E-state index in [0.717, 1.165) is 44.3 Å². The van der Waals surface area contributed by atoms with Crippen LogP contribution in [0.15, 0.2) is 127 Å². The van der Waals surface area contributed by atoms with Gasteiger partial charge in [0.1, 0.15) is 11.5 Å². The predicted molar refractivity (Wildman–Crippen MR) is 191 cm³/mol. The van der Waals surface area contributed by atoms with Crippen molar-refractivity contribution < 1.29 is 9.47 Å². The molecule has 47 heavy (non-hydrogen) atoms. The lowest BCUT2D eigenvalue weighted by Gasteiger charge is -2.39. The molecule has 9 rings (SSSR count). The van der Waals surface area contributed by atoms with Crippen molar-refractivity contribution in [3.05, 3.63) is 161 Å². The van der Waals surface area contributed by atoms with E-state index in [1.54, 1.807) is 7.11 Å². The van der Waals surface area contributed by atoms with E-state index in [-0.39, 0.29) is 5.41 Å². The molecule has 7 aromatic rings. The first kappa shape index (κ1) is 27.5. The van der Waals surface area contributed by atoms with Crippen LogP contribution >= 0.6 is 0 Å². The minimum absolute atomic E-state index is 0.338. The Bertz CT molecular complexity index is 2520. The highest BCUT2D eigenvalue weighted by Crippen LogP contribution is 2.58. The molecule has 0 radical (unpaired) electrons. The molecule has 0 fully saturated rings. The second-order valence-electron chi connectivity index (χ2n) is 13.1. The van der Waals surface area contributed by atoms with Crippen molar-refractivity contribution in [1.29, 1.82) is 5.26 Å². The zero-order valence-electron chi connectivity index (χ0n) is 26.5. The van der Waals surface area contributed by atoms with Gasteiger partial charge in [0.15, 0.2) is 5.60 Å². The number of fused-ring (bicyclic) bond motifs is 11. The number of hydrogen-bond acceptors (Lipinski definition) is 3. The minimum atomic E-state index is -0.927. The van der Waals surface area contributed by atoms with E-state index in [2.05, 4.69) is 135 Å². The molecule has 1 aliphatic carbocycles. The van der Waals surface area contributed by atoms with Gasteiger partial charge < -0.3 is 9.47 Å². The Hall–Kier alpha value is -5.85. The molecule has 1 aliphatic heterocycles. The summed E-state index contributed by atoms with van der Waals surface area (Å²) in [4.78, 5) is 0. The van der Waals surface area contributed by atoms with E-state index in [0.29, 0.717) is 5.56 Å². The molecule has 0 amide bonds. The Morgan fingerprint density at radius 3 is 2.11 bits per heavy atom. The lowest BCUT2D eigenvalue weighted by molar-refractivity contribution is 0.165. The number of rotatable bonds is 3. The van der Waals surface area contributed by atoms with E-state index in [4.69, 9.17) is 9.47 Å². The van der Waals surface area contributed by atoms with Crippen molar-refractivity contribution in [2.45, 2.75) is 24.9 Å². The Kier molecular flexibility index (Phi) is 5.74. The third-order valence-corrected chi connectivity index (χ3v) is 10.4. The number of methoxy groups -OCH3 is 1.